The van der Waals surface area contributed by atoms with Crippen LogP contribution in [0, 0.1) is 35.0 Å². The van der Waals surface area contributed by atoms with Crippen LogP contribution in [0.15, 0.2) is 24.3 Å². The Morgan fingerprint density at radius 1 is 1.28 bits per heavy atom. The van der Waals surface area contributed by atoms with Crippen LogP contribution in [0.25, 0.3) is 0 Å². The van der Waals surface area contributed by atoms with E-state index < -0.39 is 6.10 Å². The van der Waals surface area contributed by atoms with Crippen molar-refractivity contribution in [3.8, 4) is 6.07 Å². The smallest absolute Gasteiger partial charge is 0.225 e. The number of ether oxygens (including phenoxy) is 1. The van der Waals surface area contributed by atoms with Crippen LogP contribution in [0.4, 0.5) is 0 Å². The summed E-state index contributed by atoms with van der Waals surface area (Å²) >= 11 is 0. The van der Waals surface area contributed by atoms with Crippen molar-refractivity contribution in [2.24, 2.45) is 23.7 Å². The van der Waals surface area contributed by atoms with Gasteiger partial charge in [0.25, 0.3) is 0 Å². The number of hydrogen-bond acceptors (Lipinski definition) is 5. The summed E-state index contributed by atoms with van der Waals surface area (Å²) in [5, 5.41) is 23.4. The van der Waals surface area contributed by atoms with Crippen molar-refractivity contribution in [2.45, 2.75) is 50.5 Å². The predicted molar refractivity (Wildman–Crippen MR) is 107 cm³/mol. The summed E-state index contributed by atoms with van der Waals surface area (Å²) in [6.45, 7) is 3.06. The molecule has 0 aromatic heterocycles. The first-order valence-corrected chi connectivity index (χ1v) is 11.0. The number of fused-ring (bicyclic) bond motifs is 4. The quantitative estimate of drug-likeness (QED) is 0.792. The van der Waals surface area contributed by atoms with Gasteiger partial charge in [0, 0.05) is 38.0 Å². The number of carbonyl (C=O) groups excluding carboxylic acids is 1. The van der Waals surface area contributed by atoms with Crippen molar-refractivity contribution in [2.75, 3.05) is 19.6 Å². The summed E-state index contributed by atoms with van der Waals surface area (Å²) in [6, 6.07) is 9.96. The number of carbonyl (C=O) groups is 1. The van der Waals surface area contributed by atoms with Crippen LogP contribution >= 0.6 is 0 Å². The third kappa shape index (κ3) is 3.46. The van der Waals surface area contributed by atoms with E-state index in [4.69, 9.17) is 4.74 Å². The molecule has 1 saturated carbocycles. The molecular weight excluding hydrogens is 366 g/mol. The average Bonchev–Trinajstić information content (AvgIpc) is 3.29. The van der Waals surface area contributed by atoms with Gasteiger partial charge < -0.3 is 15.2 Å². The molecule has 29 heavy (non-hydrogen) atoms. The largest absolute Gasteiger partial charge is 0.390 e. The highest BCUT2D eigenvalue weighted by Gasteiger charge is 2.57. The van der Waals surface area contributed by atoms with Gasteiger partial charge in [0.15, 0.2) is 0 Å². The minimum atomic E-state index is -0.517. The van der Waals surface area contributed by atoms with E-state index in [2.05, 4.69) is 16.3 Å². The van der Waals surface area contributed by atoms with Crippen molar-refractivity contribution in [3.05, 3.63) is 35.4 Å². The second-order valence-electron chi connectivity index (χ2n) is 9.30. The summed E-state index contributed by atoms with van der Waals surface area (Å²) < 4.78 is 6.16. The topological polar surface area (TPSA) is 85.6 Å². The monoisotopic (exact) mass is 395 g/mol. The van der Waals surface area contributed by atoms with E-state index in [1.54, 1.807) is 0 Å². The first-order chi connectivity index (χ1) is 14.1. The van der Waals surface area contributed by atoms with Crippen LogP contribution in [-0.2, 0) is 16.1 Å². The molecule has 4 fully saturated rings. The van der Waals surface area contributed by atoms with Crippen molar-refractivity contribution >= 4 is 5.91 Å². The number of nitrogens with one attached hydrogen (secondary N) is 1. The third-order valence-electron chi connectivity index (χ3n) is 7.60. The molecule has 3 saturated heterocycles. The molecule has 1 amide bonds. The summed E-state index contributed by atoms with van der Waals surface area (Å²) in [4.78, 5) is 15.2. The maximum Gasteiger partial charge on any atom is 0.225 e. The Labute approximate surface area is 171 Å². The molecule has 0 radical (unpaired) electrons. The zero-order chi connectivity index (χ0) is 20.0. The lowest BCUT2D eigenvalue weighted by molar-refractivity contribution is -0.140. The van der Waals surface area contributed by atoms with Crippen LogP contribution < -0.4 is 5.32 Å². The summed E-state index contributed by atoms with van der Waals surface area (Å²) in [5.74, 6) is 0.887. The summed E-state index contributed by atoms with van der Waals surface area (Å²) in [6.07, 6.45) is 3.49. The van der Waals surface area contributed by atoms with Gasteiger partial charge in [-0.25, -0.2) is 0 Å². The number of aliphatic hydroxyl groups is 1. The van der Waals surface area contributed by atoms with Crippen LogP contribution in [0.3, 0.4) is 0 Å². The van der Waals surface area contributed by atoms with Gasteiger partial charge >= 0.3 is 0 Å². The number of rotatable bonds is 5. The Bertz CT molecular complexity index is 818. The van der Waals surface area contributed by atoms with Crippen LogP contribution in [0.2, 0.25) is 0 Å². The zero-order valence-electron chi connectivity index (χ0n) is 16.7. The fourth-order valence-electron chi connectivity index (χ4n) is 5.75. The maximum atomic E-state index is 12.9. The molecule has 5 rings (SSSR count). The minimum absolute atomic E-state index is 0.102. The lowest BCUT2D eigenvalue weighted by Crippen LogP contribution is -2.47. The average molecular weight is 396 g/mol. The number of amides is 1. The molecule has 4 aliphatic rings. The third-order valence-corrected chi connectivity index (χ3v) is 7.60. The zero-order valence-corrected chi connectivity index (χ0v) is 16.7. The van der Waals surface area contributed by atoms with Crippen molar-refractivity contribution in [3.63, 3.8) is 0 Å². The van der Waals surface area contributed by atoms with Gasteiger partial charge in [-0.3, -0.25) is 9.69 Å². The standard InChI is InChI=1S/C23H29N3O3/c24-9-15-6-1-2-7-16(15)11-26-12-18-19(13-26)22-17(8-20(29-22)21(18)27)23(28)25-10-14-4-3-5-14/h1-2,6-7,14,17-22,27H,3-5,8,10-13H2,(H,25,28)/t17?,18-,19+,20+,21+,22-/m1/s1. The molecular formula is C23H29N3O3. The van der Waals surface area contributed by atoms with Crippen LogP contribution in [0.5, 0.6) is 0 Å². The molecule has 6 nitrogen and oxygen atoms in total. The second-order valence-corrected chi connectivity index (χ2v) is 9.30. The van der Waals surface area contributed by atoms with E-state index in [9.17, 15) is 15.2 Å². The highest BCUT2D eigenvalue weighted by atomic mass is 16.5. The lowest BCUT2D eigenvalue weighted by Gasteiger charge is -2.36. The molecule has 1 aromatic carbocycles. The molecule has 154 valence electrons. The molecule has 1 aliphatic carbocycles. The number of aliphatic hydroxyl groups excluding tert-OH is 1. The van der Waals surface area contributed by atoms with E-state index in [1.807, 2.05) is 24.3 Å². The van der Waals surface area contributed by atoms with Gasteiger partial charge in [0.05, 0.1) is 35.9 Å². The molecule has 1 unspecified atom stereocenters. The Morgan fingerprint density at radius 2 is 2.07 bits per heavy atom. The number of benzene rings is 1. The van der Waals surface area contributed by atoms with Gasteiger partial charge in [0.1, 0.15) is 0 Å². The first kappa shape index (κ1) is 19.0. The Balaban J connectivity index is 1.27. The van der Waals surface area contributed by atoms with Crippen LogP contribution in [0.1, 0.15) is 36.8 Å². The molecule has 2 N–H and O–H groups in total. The molecule has 6 heteroatoms. The predicted octanol–water partition coefficient (Wildman–Crippen LogP) is 1.67. The van der Waals surface area contributed by atoms with Gasteiger partial charge in [-0.05, 0) is 36.8 Å². The molecule has 2 bridgehead atoms. The minimum Gasteiger partial charge on any atom is -0.390 e. The summed E-state index contributed by atoms with van der Waals surface area (Å²) in [7, 11) is 0. The first-order valence-electron chi connectivity index (χ1n) is 11.0. The van der Waals surface area contributed by atoms with E-state index in [-0.39, 0.29) is 35.9 Å². The second kappa shape index (κ2) is 7.71. The van der Waals surface area contributed by atoms with E-state index >= 15 is 0 Å². The van der Waals surface area contributed by atoms with E-state index in [1.165, 1.54) is 19.3 Å². The molecule has 1 aromatic rings. The molecule has 6 atom stereocenters. The summed E-state index contributed by atoms with van der Waals surface area (Å²) in [5.41, 5.74) is 1.72. The number of likely N-dealkylation sites (tertiary alicyclic amines) is 1. The van der Waals surface area contributed by atoms with E-state index in [0.29, 0.717) is 24.4 Å². The lowest BCUT2D eigenvalue weighted by atomic mass is 9.82. The number of hydrogen-bond donors (Lipinski definition) is 2. The van der Waals surface area contributed by atoms with E-state index in [0.717, 1.165) is 25.2 Å². The fourth-order valence-corrected chi connectivity index (χ4v) is 5.75. The molecule has 3 aliphatic heterocycles. The van der Waals surface area contributed by atoms with Gasteiger partial charge in [-0.1, -0.05) is 24.6 Å². The van der Waals surface area contributed by atoms with Crippen LogP contribution in [-0.4, -0.2) is 53.9 Å². The SMILES string of the molecule is N#Cc1ccccc1CN1C[C@H]2[C@H](O)[C@@H]3CC(C(=O)NCC4CCC4)[C@@H](O3)[C@H]2C1. The maximum absolute atomic E-state index is 12.9. The van der Waals surface area contributed by atoms with Gasteiger partial charge in [-0.15, -0.1) is 0 Å². The Morgan fingerprint density at radius 3 is 2.83 bits per heavy atom. The number of nitrogens with zero attached hydrogens (tertiary/aromatic N) is 2. The molecule has 0 spiro atoms. The Kier molecular flexibility index (Phi) is 5.07. The highest BCUT2D eigenvalue weighted by molar-refractivity contribution is 5.79. The Hall–Kier alpha value is -1.94. The fraction of sp³-hybridized carbons (Fsp3) is 0.652. The van der Waals surface area contributed by atoms with Gasteiger partial charge in [0.2, 0.25) is 5.91 Å². The highest BCUT2D eigenvalue weighted by Crippen LogP contribution is 2.47. The van der Waals surface area contributed by atoms with Crippen molar-refractivity contribution in [1.29, 1.82) is 5.26 Å². The van der Waals surface area contributed by atoms with Crippen molar-refractivity contribution < 1.29 is 14.6 Å². The number of nitriles is 1. The van der Waals surface area contributed by atoms with Gasteiger partial charge in [-0.2, -0.15) is 5.26 Å². The molecule has 3 heterocycles. The van der Waals surface area contributed by atoms with Crippen molar-refractivity contribution in [1.82, 2.24) is 10.2 Å². The normalized spacial score (nSPS) is 36.3.